The number of rotatable bonds is 8. The van der Waals surface area contributed by atoms with Crippen molar-refractivity contribution in [2.75, 3.05) is 53.6 Å². The van der Waals surface area contributed by atoms with Crippen molar-refractivity contribution >= 4 is 46.1 Å². The van der Waals surface area contributed by atoms with Crippen LogP contribution in [-0.4, -0.2) is 125 Å². The van der Waals surface area contributed by atoms with E-state index in [0.29, 0.717) is 75.5 Å². The number of likely N-dealkylation sites (tertiary alicyclic amines) is 1. The van der Waals surface area contributed by atoms with Crippen LogP contribution in [0.1, 0.15) is 76.8 Å². The number of esters is 1. The number of methoxy groups -OCH3 is 1. The quantitative estimate of drug-likeness (QED) is 0.206. The number of ether oxygens (including phenoxy) is 3. The number of pyridine rings is 1. The number of aromatic nitrogens is 3. The van der Waals surface area contributed by atoms with E-state index in [4.69, 9.17) is 24.2 Å². The van der Waals surface area contributed by atoms with Crippen molar-refractivity contribution in [3.63, 3.8) is 0 Å². The first-order chi connectivity index (χ1) is 30.2. The average Bonchev–Trinajstić information content (AvgIpc) is 4.08. The van der Waals surface area contributed by atoms with Crippen LogP contribution >= 0.6 is 11.3 Å². The van der Waals surface area contributed by atoms with Gasteiger partial charge in [-0.15, -0.1) is 11.3 Å². The van der Waals surface area contributed by atoms with Gasteiger partial charge >= 0.3 is 12.0 Å². The van der Waals surface area contributed by atoms with Gasteiger partial charge in [-0.2, -0.15) is 0 Å². The number of carbonyl (C=O) groups is 4. The lowest BCUT2D eigenvalue weighted by Crippen LogP contribution is -2.62. The zero-order valence-electron chi connectivity index (χ0n) is 37.8. The molecule has 4 aromatic rings. The van der Waals surface area contributed by atoms with Crippen LogP contribution < -0.4 is 10.7 Å². The van der Waals surface area contributed by atoms with Gasteiger partial charge in [-0.3, -0.25) is 24.4 Å². The molecule has 0 spiro atoms. The van der Waals surface area contributed by atoms with Crippen LogP contribution in [0.4, 0.5) is 4.79 Å². The van der Waals surface area contributed by atoms with Crippen molar-refractivity contribution in [2.45, 2.75) is 98.0 Å². The van der Waals surface area contributed by atoms with Gasteiger partial charge in [0.1, 0.15) is 18.1 Å². The number of cyclic esters (lactones) is 1. The molecule has 7 heterocycles. The number of benzene rings is 1. The van der Waals surface area contributed by atoms with Crippen molar-refractivity contribution in [3.05, 3.63) is 58.2 Å². The van der Waals surface area contributed by atoms with E-state index in [1.54, 1.807) is 20.4 Å². The molecule has 1 unspecified atom stereocenters. The standard InChI is InChI=1S/C47H62N8O7S/c1-9-54-38-15-14-29-18-33(38)34(42(54)32-12-10-16-48-40(32)28(4)60-8)20-47(5,6)26-62-45(58)35-13-11-17-55(51-35)44(57)36(19-39-49-37(29)25-63-39)50-43(56)41(27(2)3)52(7)46(59)53-21-30-23-61-24-31(30)22-53/h10,12,14-16,18,25,27-28,30-31,35-36,41,51H,9,11,13,17,19-24,26H2,1-8H3,(H,50,56)/t28-,30-,31+,35-,36-,41?/m0/s1. The van der Waals surface area contributed by atoms with Crippen molar-refractivity contribution in [1.29, 1.82) is 0 Å². The van der Waals surface area contributed by atoms with Crippen molar-refractivity contribution in [1.82, 2.24) is 40.1 Å². The number of hydrogen-bond acceptors (Lipinski definition) is 11. The molecule has 1 aromatic carbocycles. The van der Waals surface area contributed by atoms with Crippen LogP contribution in [-0.2, 0) is 48.0 Å². The Morgan fingerprint density at radius 2 is 1.89 bits per heavy atom. The molecule has 4 aliphatic rings. The van der Waals surface area contributed by atoms with Gasteiger partial charge in [-0.25, -0.2) is 15.2 Å². The van der Waals surface area contributed by atoms with Crippen molar-refractivity contribution in [3.8, 4) is 22.5 Å². The van der Waals surface area contributed by atoms with Crippen LogP contribution in [0.3, 0.4) is 0 Å². The maximum atomic E-state index is 14.6. The average molecular weight is 883 g/mol. The lowest BCUT2D eigenvalue weighted by Gasteiger charge is -2.37. The molecule has 3 saturated heterocycles. The summed E-state index contributed by atoms with van der Waals surface area (Å²) in [6.07, 6.45) is 3.30. The van der Waals surface area contributed by atoms with Crippen LogP contribution in [0.2, 0.25) is 0 Å². The number of aryl methyl sites for hydroxylation is 1. The van der Waals surface area contributed by atoms with Gasteiger partial charge in [-0.05, 0) is 68.9 Å². The van der Waals surface area contributed by atoms with Crippen LogP contribution in [0.15, 0.2) is 41.9 Å². The highest BCUT2D eigenvalue weighted by molar-refractivity contribution is 7.10. The number of urea groups is 1. The van der Waals surface area contributed by atoms with Gasteiger partial charge < -0.3 is 33.9 Å². The summed E-state index contributed by atoms with van der Waals surface area (Å²) in [6, 6.07) is 7.61. The summed E-state index contributed by atoms with van der Waals surface area (Å²) >= 11 is 1.43. The molecule has 6 bridgehead atoms. The van der Waals surface area contributed by atoms with E-state index >= 15 is 0 Å². The van der Waals surface area contributed by atoms with E-state index in [2.05, 4.69) is 60.3 Å². The molecule has 15 nitrogen and oxygen atoms in total. The molecule has 2 N–H and O–H groups in total. The molecule has 0 aliphatic carbocycles. The molecule has 8 rings (SSSR count). The van der Waals surface area contributed by atoms with Gasteiger partial charge in [0.05, 0.1) is 48.0 Å². The number of nitrogens with one attached hydrogen (secondary N) is 2. The van der Waals surface area contributed by atoms with Crippen LogP contribution in [0, 0.1) is 23.2 Å². The minimum atomic E-state index is -1.04. The maximum absolute atomic E-state index is 14.6. The fourth-order valence-electron chi connectivity index (χ4n) is 9.93. The fourth-order valence-corrected chi connectivity index (χ4v) is 10.8. The Kier molecular flexibility index (Phi) is 13.0. The number of thiazole rings is 1. The highest BCUT2D eigenvalue weighted by Crippen LogP contribution is 2.42. The number of fused-ring (bicyclic) bond motifs is 7. The van der Waals surface area contributed by atoms with E-state index in [-0.39, 0.29) is 37.0 Å². The Hall–Kier alpha value is -4.90. The van der Waals surface area contributed by atoms with Gasteiger partial charge in [0.25, 0.3) is 5.91 Å². The van der Waals surface area contributed by atoms with E-state index < -0.39 is 35.4 Å². The topological polar surface area (TPSA) is 160 Å². The summed E-state index contributed by atoms with van der Waals surface area (Å²) < 4.78 is 19.9. The van der Waals surface area contributed by atoms with Gasteiger partial charge in [0, 0.05) is 97.6 Å². The second-order valence-corrected chi connectivity index (χ2v) is 19.8. The molecular weight excluding hydrogens is 821 g/mol. The summed E-state index contributed by atoms with van der Waals surface area (Å²) in [5, 5.41) is 8.23. The Labute approximate surface area is 373 Å². The lowest BCUT2D eigenvalue weighted by molar-refractivity contribution is -0.155. The predicted molar refractivity (Wildman–Crippen MR) is 240 cm³/mol. The summed E-state index contributed by atoms with van der Waals surface area (Å²) in [5.41, 5.74) is 9.40. The molecule has 3 aromatic heterocycles. The minimum Gasteiger partial charge on any atom is -0.464 e. The molecular formula is C47H62N8O7S. The van der Waals surface area contributed by atoms with Crippen LogP contribution in [0.5, 0.6) is 0 Å². The third-order valence-corrected chi connectivity index (χ3v) is 14.2. The fraction of sp³-hybridized carbons (Fsp3) is 0.574. The first-order valence-electron chi connectivity index (χ1n) is 22.4. The van der Waals surface area contributed by atoms with Gasteiger partial charge in [-0.1, -0.05) is 33.8 Å². The Bertz CT molecular complexity index is 2350. The van der Waals surface area contributed by atoms with Crippen LogP contribution in [0.25, 0.3) is 33.4 Å². The summed E-state index contributed by atoms with van der Waals surface area (Å²) in [5.74, 6) is -0.906. The highest BCUT2D eigenvalue weighted by atomic mass is 32.1. The second kappa shape index (κ2) is 18.3. The molecule has 16 heteroatoms. The number of likely N-dealkylation sites (N-methyl/N-ethyl adjacent to an activating group) is 1. The largest absolute Gasteiger partial charge is 0.464 e. The summed E-state index contributed by atoms with van der Waals surface area (Å²) in [4.78, 5) is 70.0. The molecule has 63 heavy (non-hydrogen) atoms. The highest BCUT2D eigenvalue weighted by Gasteiger charge is 2.43. The Morgan fingerprint density at radius 3 is 2.60 bits per heavy atom. The third kappa shape index (κ3) is 8.96. The van der Waals surface area contributed by atoms with E-state index in [1.807, 2.05) is 37.1 Å². The van der Waals surface area contributed by atoms with E-state index in [0.717, 1.165) is 44.7 Å². The zero-order valence-corrected chi connectivity index (χ0v) is 38.6. The summed E-state index contributed by atoms with van der Waals surface area (Å²) in [7, 11) is 3.35. The lowest BCUT2D eigenvalue weighted by atomic mass is 9.84. The monoisotopic (exact) mass is 882 g/mol. The zero-order chi connectivity index (χ0) is 44.7. The summed E-state index contributed by atoms with van der Waals surface area (Å²) in [6.45, 7) is 15.8. The smallest absolute Gasteiger partial charge is 0.324 e. The van der Waals surface area contributed by atoms with E-state index in [1.165, 1.54) is 21.2 Å². The molecule has 338 valence electrons. The predicted octanol–water partition coefficient (Wildman–Crippen LogP) is 5.86. The first-order valence-corrected chi connectivity index (χ1v) is 23.3. The van der Waals surface area contributed by atoms with Crippen molar-refractivity contribution < 1.29 is 33.4 Å². The Balaban J connectivity index is 1.16. The number of nitrogens with zero attached hydrogens (tertiary/aromatic N) is 6. The molecule has 0 saturated carbocycles. The number of hydrogen-bond donors (Lipinski definition) is 2. The molecule has 3 fully saturated rings. The number of carbonyl (C=O) groups excluding carboxylic acids is 4. The van der Waals surface area contributed by atoms with E-state index in [9.17, 15) is 19.2 Å². The van der Waals surface area contributed by atoms with Gasteiger partial charge in [0.15, 0.2) is 0 Å². The Morgan fingerprint density at radius 1 is 1.13 bits per heavy atom. The number of hydrazine groups is 1. The molecule has 6 atom stereocenters. The molecule has 4 aliphatic heterocycles. The normalized spacial score (nSPS) is 23.6. The number of amides is 4. The van der Waals surface area contributed by atoms with Crippen molar-refractivity contribution in [2.24, 2.45) is 23.2 Å². The maximum Gasteiger partial charge on any atom is 0.324 e. The second-order valence-electron chi connectivity index (χ2n) is 18.8. The molecule has 4 amide bonds. The molecule has 0 radical (unpaired) electrons. The minimum absolute atomic E-state index is 0.111. The van der Waals surface area contributed by atoms with Gasteiger partial charge in [0.2, 0.25) is 5.91 Å². The SMILES string of the molecule is CCn1c(-c2cccnc2[C@H](C)OC)c2c3cc(ccc31)-c1csc(n1)C[C@H](NC(=O)C(C(C)C)N(C)C(=O)N1C[C@H]3COC[C@H]3C1)C(=O)N1CCC[C@H](N1)C(=O)OCC(C)(C)C2. The third-order valence-electron chi connectivity index (χ3n) is 13.3. The first kappa shape index (κ1) is 44.7.